The summed E-state index contributed by atoms with van der Waals surface area (Å²) in [6.45, 7) is 0.681. The number of hydroxylamine groups is 2. The van der Waals surface area contributed by atoms with Crippen LogP contribution in [0.4, 0.5) is 4.79 Å². The Balaban J connectivity index is 1.96. The maximum atomic E-state index is 11.6. The average molecular weight is 228 g/mol. The molecular formula is C9H12N2O5. The van der Waals surface area contributed by atoms with Gasteiger partial charge in [-0.2, -0.15) is 0 Å². The molecule has 2 aliphatic heterocycles. The lowest BCUT2D eigenvalue weighted by Gasteiger charge is -2.34. The Morgan fingerprint density at radius 1 is 1.38 bits per heavy atom. The number of piperidine rings is 1. The second kappa shape index (κ2) is 3.75. The third-order valence-corrected chi connectivity index (χ3v) is 3.12. The molecule has 0 saturated carbocycles. The molecule has 0 aromatic rings. The normalized spacial score (nSPS) is 24.5. The zero-order valence-corrected chi connectivity index (χ0v) is 8.56. The number of imide groups is 1. The van der Waals surface area contributed by atoms with E-state index in [9.17, 15) is 14.4 Å². The standard InChI is InChI=1S/C9H12N2O5/c12-6-5-9(7(13)10-6)1-3-11(4-2-9)16-8(14)15/h1-5H2,(H,14,15)(H,10,12,13). The Labute approximate surface area is 91.3 Å². The van der Waals surface area contributed by atoms with Crippen molar-refractivity contribution >= 4 is 18.0 Å². The molecule has 0 aliphatic carbocycles. The molecule has 16 heavy (non-hydrogen) atoms. The van der Waals surface area contributed by atoms with Crippen molar-refractivity contribution < 1.29 is 24.3 Å². The first kappa shape index (κ1) is 10.9. The summed E-state index contributed by atoms with van der Waals surface area (Å²) >= 11 is 0. The number of carbonyl (C=O) groups excluding carboxylic acids is 2. The summed E-state index contributed by atoms with van der Waals surface area (Å²) in [6.07, 6.45) is -0.273. The van der Waals surface area contributed by atoms with Crippen LogP contribution >= 0.6 is 0 Å². The van der Waals surface area contributed by atoms with E-state index in [1.165, 1.54) is 5.06 Å². The van der Waals surface area contributed by atoms with Crippen molar-refractivity contribution in [2.75, 3.05) is 13.1 Å². The molecule has 2 rings (SSSR count). The molecule has 2 heterocycles. The van der Waals surface area contributed by atoms with Gasteiger partial charge in [-0.1, -0.05) is 0 Å². The van der Waals surface area contributed by atoms with Crippen LogP contribution in [-0.4, -0.2) is 41.2 Å². The van der Waals surface area contributed by atoms with E-state index in [4.69, 9.17) is 5.11 Å². The van der Waals surface area contributed by atoms with Gasteiger partial charge in [-0.25, -0.2) is 4.79 Å². The number of rotatable bonds is 1. The lowest BCUT2D eigenvalue weighted by atomic mass is 9.77. The molecule has 2 fully saturated rings. The Morgan fingerprint density at radius 3 is 2.44 bits per heavy atom. The van der Waals surface area contributed by atoms with Crippen molar-refractivity contribution in [3.05, 3.63) is 0 Å². The van der Waals surface area contributed by atoms with Gasteiger partial charge in [0.15, 0.2) is 0 Å². The van der Waals surface area contributed by atoms with Gasteiger partial charge in [-0.05, 0) is 12.8 Å². The highest BCUT2D eigenvalue weighted by molar-refractivity contribution is 6.05. The molecule has 0 bridgehead atoms. The third-order valence-electron chi connectivity index (χ3n) is 3.12. The molecule has 2 N–H and O–H groups in total. The predicted molar refractivity (Wildman–Crippen MR) is 50.1 cm³/mol. The second-order valence-corrected chi connectivity index (χ2v) is 4.12. The minimum atomic E-state index is -1.36. The molecule has 2 amide bonds. The van der Waals surface area contributed by atoms with E-state index >= 15 is 0 Å². The Kier molecular flexibility index (Phi) is 2.55. The number of amides is 2. The molecular weight excluding hydrogens is 216 g/mol. The topological polar surface area (TPSA) is 95.9 Å². The average Bonchev–Trinajstić information content (AvgIpc) is 2.45. The Bertz CT molecular complexity index is 346. The lowest BCUT2D eigenvalue weighted by Crippen LogP contribution is -2.44. The van der Waals surface area contributed by atoms with Gasteiger partial charge in [-0.3, -0.25) is 14.9 Å². The van der Waals surface area contributed by atoms with Crippen molar-refractivity contribution in [1.82, 2.24) is 10.4 Å². The minimum absolute atomic E-state index is 0.201. The SMILES string of the molecule is O=C1CC2(CCN(OC(=O)O)CC2)C(=O)N1. The first-order valence-electron chi connectivity index (χ1n) is 5.02. The number of carbonyl (C=O) groups is 3. The quantitative estimate of drug-likeness (QED) is 0.599. The monoisotopic (exact) mass is 228 g/mol. The van der Waals surface area contributed by atoms with Crippen LogP contribution in [0.1, 0.15) is 19.3 Å². The molecule has 2 aliphatic rings. The van der Waals surface area contributed by atoms with E-state index < -0.39 is 11.6 Å². The lowest BCUT2D eigenvalue weighted by molar-refractivity contribution is -0.154. The molecule has 0 radical (unpaired) electrons. The smallest absolute Gasteiger partial charge is 0.448 e. The van der Waals surface area contributed by atoms with E-state index in [1.807, 2.05) is 0 Å². The van der Waals surface area contributed by atoms with Crippen molar-refractivity contribution in [2.45, 2.75) is 19.3 Å². The maximum absolute atomic E-state index is 11.6. The van der Waals surface area contributed by atoms with Crippen LogP contribution in [0.3, 0.4) is 0 Å². The fraction of sp³-hybridized carbons (Fsp3) is 0.667. The number of carboxylic acid groups (broad SMARTS) is 1. The molecule has 0 atom stereocenters. The highest BCUT2D eigenvalue weighted by atomic mass is 16.8. The highest BCUT2D eigenvalue weighted by Gasteiger charge is 2.48. The summed E-state index contributed by atoms with van der Waals surface area (Å²) in [7, 11) is 0. The van der Waals surface area contributed by atoms with Gasteiger partial charge in [0.1, 0.15) is 0 Å². The van der Waals surface area contributed by atoms with Gasteiger partial charge in [0.25, 0.3) is 0 Å². The highest BCUT2D eigenvalue weighted by Crippen LogP contribution is 2.38. The third kappa shape index (κ3) is 1.85. The van der Waals surface area contributed by atoms with Crippen LogP contribution in [-0.2, 0) is 14.4 Å². The molecule has 2 saturated heterocycles. The summed E-state index contributed by atoms with van der Waals surface area (Å²) in [4.78, 5) is 37.5. The molecule has 0 unspecified atom stereocenters. The van der Waals surface area contributed by atoms with E-state index in [1.54, 1.807) is 0 Å². The first-order valence-corrected chi connectivity index (χ1v) is 5.02. The molecule has 0 aromatic carbocycles. The summed E-state index contributed by atoms with van der Waals surface area (Å²) < 4.78 is 0. The van der Waals surface area contributed by atoms with Crippen LogP contribution in [0.5, 0.6) is 0 Å². The number of hydrogen-bond acceptors (Lipinski definition) is 5. The van der Waals surface area contributed by atoms with Gasteiger partial charge in [-0.15, -0.1) is 5.06 Å². The minimum Gasteiger partial charge on any atom is -0.448 e. The molecule has 7 heteroatoms. The van der Waals surface area contributed by atoms with Gasteiger partial charge >= 0.3 is 6.16 Å². The molecule has 0 aromatic heterocycles. The largest absolute Gasteiger partial charge is 0.525 e. The summed E-state index contributed by atoms with van der Waals surface area (Å²) in [5.41, 5.74) is -0.643. The van der Waals surface area contributed by atoms with Crippen molar-refractivity contribution in [3.63, 3.8) is 0 Å². The van der Waals surface area contributed by atoms with E-state index in [0.29, 0.717) is 25.9 Å². The summed E-state index contributed by atoms with van der Waals surface area (Å²) in [5.74, 6) is -0.495. The van der Waals surface area contributed by atoms with Gasteiger partial charge < -0.3 is 9.94 Å². The van der Waals surface area contributed by atoms with Crippen LogP contribution in [0, 0.1) is 5.41 Å². The first-order chi connectivity index (χ1) is 7.52. The van der Waals surface area contributed by atoms with Crippen LogP contribution in [0.25, 0.3) is 0 Å². The summed E-state index contributed by atoms with van der Waals surface area (Å²) in [6, 6.07) is 0. The second-order valence-electron chi connectivity index (χ2n) is 4.12. The maximum Gasteiger partial charge on any atom is 0.525 e. The predicted octanol–water partition coefficient (Wildman–Crippen LogP) is -0.275. The van der Waals surface area contributed by atoms with Crippen molar-refractivity contribution in [3.8, 4) is 0 Å². The van der Waals surface area contributed by atoms with E-state index in [2.05, 4.69) is 10.2 Å². The van der Waals surface area contributed by atoms with Crippen molar-refractivity contribution in [1.29, 1.82) is 0 Å². The van der Waals surface area contributed by atoms with Crippen LogP contribution < -0.4 is 5.32 Å². The van der Waals surface area contributed by atoms with E-state index in [-0.39, 0.29) is 18.2 Å². The number of nitrogens with one attached hydrogen (secondary N) is 1. The fourth-order valence-corrected chi connectivity index (χ4v) is 2.21. The number of nitrogens with zero attached hydrogens (tertiary/aromatic N) is 1. The van der Waals surface area contributed by atoms with Gasteiger partial charge in [0, 0.05) is 19.5 Å². The fourth-order valence-electron chi connectivity index (χ4n) is 2.21. The van der Waals surface area contributed by atoms with Gasteiger partial charge in [0.05, 0.1) is 5.41 Å². The Hall–Kier alpha value is -1.63. The zero-order valence-electron chi connectivity index (χ0n) is 8.56. The van der Waals surface area contributed by atoms with Crippen LogP contribution in [0.15, 0.2) is 0 Å². The molecule has 88 valence electrons. The van der Waals surface area contributed by atoms with Crippen molar-refractivity contribution in [2.24, 2.45) is 5.41 Å². The summed E-state index contributed by atoms with van der Waals surface area (Å²) in [5, 5.41) is 12.0. The van der Waals surface area contributed by atoms with Gasteiger partial charge in [0.2, 0.25) is 11.8 Å². The van der Waals surface area contributed by atoms with Crippen LogP contribution in [0.2, 0.25) is 0 Å². The molecule has 7 nitrogen and oxygen atoms in total. The number of hydrogen-bond donors (Lipinski definition) is 2. The Morgan fingerprint density at radius 2 is 2.00 bits per heavy atom. The van der Waals surface area contributed by atoms with E-state index in [0.717, 1.165) is 0 Å². The molecule has 1 spiro atoms. The zero-order chi connectivity index (χ0) is 11.8.